The fourth-order valence-electron chi connectivity index (χ4n) is 0.588. The summed E-state index contributed by atoms with van der Waals surface area (Å²) < 4.78 is 4.50. The van der Waals surface area contributed by atoms with Crippen LogP contribution in [-0.2, 0) is 9.53 Å². The Bertz CT molecular complexity index is 179. The predicted octanol–water partition coefficient (Wildman–Crippen LogP) is 1.10. The van der Waals surface area contributed by atoms with E-state index in [1.165, 1.54) is 7.11 Å². The zero-order valence-electron chi connectivity index (χ0n) is 8.23. The topological polar surface area (TPSA) is 38.3 Å². The summed E-state index contributed by atoms with van der Waals surface area (Å²) in [4.78, 5) is 10.9. The van der Waals surface area contributed by atoms with E-state index in [2.05, 4.69) is 16.6 Å². The van der Waals surface area contributed by atoms with Gasteiger partial charge >= 0.3 is 5.97 Å². The van der Waals surface area contributed by atoms with Crippen LogP contribution in [0.4, 0.5) is 0 Å². The highest BCUT2D eigenvalue weighted by molar-refractivity contribution is 5.88. The average molecular weight is 171 g/mol. The van der Waals surface area contributed by atoms with Crippen LogP contribution in [0.3, 0.4) is 0 Å². The number of hydrogen-bond donors (Lipinski definition) is 1. The molecule has 12 heavy (non-hydrogen) atoms. The Kier molecular flexibility index (Phi) is 3.96. The largest absolute Gasteiger partial charge is 0.466 e. The Morgan fingerprint density at radius 1 is 1.50 bits per heavy atom. The summed E-state index contributed by atoms with van der Waals surface area (Å²) in [6, 6.07) is 0. The number of hydrogen-bond acceptors (Lipinski definition) is 3. The van der Waals surface area contributed by atoms with Gasteiger partial charge < -0.3 is 10.1 Å². The van der Waals surface area contributed by atoms with Crippen molar-refractivity contribution in [1.29, 1.82) is 0 Å². The average Bonchev–Trinajstić information content (AvgIpc) is 1.97. The van der Waals surface area contributed by atoms with E-state index < -0.39 is 0 Å². The summed E-state index contributed by atoms with van der Waals surface area (Å²) in [5.41, 5.74) is 0.448. The van der Waals surface area contributed by atoms with Gasteiger partial charge in [0.25, 0.3) is 0 Å². The van der Waals surface area contributed by atoms with Gasteiger partial charge in [0.15, 0.2) is 0 Å². The van der Waals surface area contributed by atoms with Gasteiger partial charge in [-0.2, -0.15) is 0 Å². The molecule has 0 aliphatic rings. The van der Waals surface area contributed by atoms with Crippen LogP contribution in [-0.4, -0.2) is 25.2 Å². The molecule has 3 heteroatoms. The van der Waals surface area contributed by atoms with Crippen LogP contribution in [0.25, 0.3) is 0 Å². The molecule has 0 rings (SSSR count). The van der Waals surface area contributed by atoms with E-state index in [-0.39, 0.29) is 11.5 Å². The molecule has 0 aromatic rings. The molecular weight excluding hydrogens is 154 g/mol. The van der Waals surface area contributed by atoms with Crippen LogP contribution in [0.1, 0.15) is 20.8 Å². The lowest BCUT2D eigenvalue weighted by Gasteiger charge is -2.20. The smallest absolute Gasteiger partial charge is 0.334 e. The van der Waals surface area contributed by atoms with Crippen LogP contribution < -0.4 is 5.32 Å². The highest BCUT2D eigenvalue weighted by Crippen LogP contribution is 2.00. The number of ether oxygens (including phenoxy) is 1. The van der Waals surface area contributed by atoms with Gasteiger partial charge in [-0.1, -0.05) is 6.58 Å². The van der Waals surface area contributed by atoms with Crippen molar-refractivity contribution in [1.82, 2.24) is 5.32 Å². The van der Waals surface area contributed by atoms with Crippen molar-refractivity contribution in [3.63, 3.8) is 0 Å². The van der Waals surface area contributed by atoms with E-state index in [9.17, 15) is 4.79 Å². The summed E-state index contributed by atoms with van der Waals surface area (Å²) in [5, 5.41) is 3.14. The first-order valence-corrected chi connectivity index (χ1v) is 3.88. The van der Waals surface area contributed by atoms with E-state index >= 15 is 0 Å². The van der Waals surface area contributed by atoms with Gasteiger partial charge in [0, 0.05) is 17.7 Å². The van der Waals surface area contributed by atoms with Gasteiger partial charge in [0.2, 0.25) is 0 Å². The highest BCUT2D eigenvalue weighted by atomic mass is 16.5. The molecule has 0 saturated heterocycles. The second-order valence-corrected chi connectivity index (χ2v) is 3.70. The maximum Gasteiger partial charge on any atom is 0.334 e. The van der Waals surface area contributed by atoms with Gasteiger partial charge in [0.1, 0.15) is 0 Å². The van der Waals surface area contributed by atoms with Crippen LogP contribution in [0.2, 0.25) is 0 Å². The van der Waals surface area contributed by atoms with Crippen molar-refractivity contribution in [2.24, 2.45) is 0 Å². The predicted molar refractivity (Wildman–Crippen MR) is 48.9 cm³/mol. The van der Waals surface area contributed by atoms with Crippen molar-refractivity contribution >= 4 is 5.97 Å². The Morgan fingerprint density at radius 2 is 2.00 bits per heavy atom. The minimum Gasteiger partial charge on any atom is -0.466 e. The van der Waals surface area contributed by atoms with Gasteiger partial charge in [-0.15, -0.1) is 0 Å². The van der Waals surface area contributed by atoms with Gasteiger partial charge in [-0.05, 0) is 20.8 Å². The van der Waals surface area contributed by atoms with Crippen molar-refractivity contribution < 1.29 is 9.53 Å². The fourth-order valence-corrected chi connectivity index (χ4v) is 0.588. The molecule has 0 aliphatic heterocycles. The van der Waals surface area contributed by atoms with Crippen LogP contribution >= 0.6 is 0 Å². The molecule has 0 aliphatic carbocycles. The molecule has 0 radical (unpaired) electrons. The van der Waals surface area contributed by atoms with E-state index in [1.807, 2.05) is 20.8 Å². The van der Waals surface area contributed by atoms with Gasteiger partial charge in [-0.3, -0.25) is 0 Å². The van der Waals surface area contributed by atoms with Crippen molar-refractivity contribution in [2.45, 2.75) is 26.3 Å². The van der Waals surface area contributed by atoms with E-state index in [0.29, 0.717) is 12.1 Å². The third-order valence-electron chi connectivity index (χ3n) is 1.31. The van der Waals surface area contributed by atoms with Crippen LogP contribution in [0.15, 0.2) is 12.2 Å². The molecule has 0 fully saturated rings. The van der Waals surface area contributed by atoms with Gasteiger partial charge in [0.05, 0.1) is 7.11 Å². The highest BCUT2D eigenvalue weighted by Gasteiger charge is 2.12. The Morgan fingerprint density at radius 3 is 2.33 bits per heavy atom. The SMILES string of the molecule is C=C(CNC(C)(C)C)C(=O)OC. The van der Waals surface area contributed by atoms with Crippen LogP contribution in [0.5, 0.6) is 0 Å². The summed E-state index contributed by atoms with van der Waals surface area (Å²) >= 11 is 0. The number of methoxy groups -OCH3 is 1. The molecule has 0 unspecified atom stereocenters. The maximum absolute atomic E-state index is 10.9. The third-order valence-corrected chi connectivity index (χ3v) is 1.31. The van der Waals surface area contributed by atoms with Crippen molar-refractivity contribution in [3.8, 4) is 0 Å². The molecular formula is C9H17NO2. The quantitative estimate of drug-likeness (QED) is 0.510. The molecule has 0 amide bonds. The summed E-state index contributed by atoms with van der Waals surface area (Å²) in [6.45, 7) is 10.1. The summed E-state index contributed by atoms with van der Waals surface area (Å²) in [6.07, 6.45) is 0. The molecule has 0 spiro atoms. The normalized spacial score (nSPS) is 11.0. The lowest BCUT2D eigenvalue weighted by Crippen LogP contribution is -2.38. The van der Waals surface area contributed by atoms with Crippen molar-refractivity contribution in [2.75, 3.05) is 13.7 Å². The number of nitrogens with one attached hydrogen (secondary N) is 1. The third kappa shape index (κ3) is 4.91. The molecule has 3 nitrogen and oxygen atoms in total. The number of carbonyl (C=O) groups excluding carboxylic acids is 1. The molecule has 0 aromatic heterocycles. The number of rotatable bonds is 3. The monoisotopic (exact) mass is 171 g/mol. The Hall–Kier alpha value is -0.830. The van der Waals surface area contributed by atoms with Crippen molar-refractivity contribution in [3.05, 3.63) is 12.2 Å². The lowest BCUT2D eigenvalue weighted by molar-refractivity contribution is -0.136. The molecule has 1 N–H and O–H groups in total. The second kappa shape index (κ2) is 4.26. The Balaban J connectivity index is 3.80. The summed E-state index contributed by atoms with van der Waals surface area (Å²) in [5.74, 6) is -0.355. The lowest BCUT2D eigenvalue weighted by atomic mass is 10.1. The molecule has 0 aromatic carbocycles. The first-order valence-electron chi connectivity index (χ1n) is 3.88. The van der Waals surface area contributed by atoms with E-state index in [0.717, 1.165) is 0 Å². The minimum absolute atomic E-state index is 0.00301. The fraction of sp³-hybridized carbons (Fsp3) is 0.667. The minimum atomic E-state index is -0.355. The second-order valence-electron chi connectivity index (χ2n) is 3.70. The Labute approximate surface area is 73.8 Å². The summed E-state index contributed by atoms with van der Waals surface area (Å²) in [7, 11) is 1.35. The number of esters is 1. The first kappa shape index (κ1) is 11.2. The molecule has 0 bridgehead atoms. The van der Waals surface area contributed by atoms with E-state index in [1.54, 1.807) is 0 Å². The zero-order chi connectivity index (χ0) is 9.78. The maximum atomic E-state index is 10.9. The van der Waals surface area contributed by atoms with Gasteiger partial charge in [-0.25, -0.2) is 4.79 Å². The van der Waals surface area contributed by atoms with E-state index in [4.69, 9.17) is 0 Å². The molecule has 0 heterocycles. The standard InChI is InChI=1S/C9H17NO2/c1-7(8(11)12-5)6-10-9(2,3)4/h10H,1,6H2,2-5H3. The zero-order valence-corrected chi connectivity index (χ0v) is 8.23. The van der Waals surface area contributed by atoms with Crippen LogP contribution in [0, 0.1) is 0 Å². The number of carbonyl (C=O) groups is 1. The molecule has 0 saturated carbocycles. The first-order chi connectivity index (χ1) is 5.37. The molecule has 0 atom stereocenters. The molecule has 70 valence electrons.